The fourth-order valence-electron chi connectivity index (χ4n) is 2.73. The van der Waals surface area contributed by atoms with Crippen LogP contribution in [-0.2, 0) is 6.54 Å². The Morgan fingerprint density at radius 3 is 2.86 bits per heavy atom. The van der Waals surface area contributed by atoms with Gasteiger partial charge in [-0.25, -0.2) is 4.79 Å². The number of aliphatic hydroxyl groups excluding tert-OH is 1. The van der Waals surface area contributed by atoms with Gasteiger partial charge < -0.3 is 14.9 Å². The maximum absolute atomic E-state index is 12.2. The lowest BCUT2D eigenvalue weighted by molar-refractivity contribution is 0.116. The first-order valence-corrected chi connectivity index (χ1v) is 7.84. The molecule has 1 aromatic heterocycles. The standard InChI is InChI=1S/C15H27N5O2/c1-18(2)9-10-20-8-7-14(17-20)16-15(22)19(3)11-12-5-4-6-13(12)21/h7-8,12-13,21H,4-6,9-11H2,1-3H3,(H,16,17,22). The van der Waals surface area contributed by atoms with Crippen LogP contribution >= 0.6 is 0 Å². The molecule has 2 unspecified atom stereocenters. The topological polar surface area (TPSA) is 73.6 Å². The number of nitrogens with one attached hydrogen (secondary N) is 1. The van der Waals surface area contributed by atoms with Crippen LogP contribution in [0.3, 0.4) is 0 Å². The molecule has 1 aliphatic carbocycles. The van der Waals surface area contributed by atoms with Gasteiger partial charge in [-0.2, -0.15) is 5.10 Å². The van der Waals surface area contributed by atoms with Gasteiger partial charge in [0.25, 0.3) is 0 Å². The molecule has 1 aromatic rings. The fourth-order valence-corrected chi connectivity index (χ4v) is 2.73. The molecule has 1 aliphatic rings. The molecule has 0 aliphatic heterocycles. The molecule has 7 heteroatoms. The van der Waals surface area contributed by atoms with E-state index in [-0.39, 0.29) is 18.1 Å². The minimum Gasteiger partial charge on any atom is -0.393 e. The summed E-state index contributed by atoms with van der Waals surface area (Å²) >= 11 is 0. The van der Waals surface area contributed by atoms with Crippen LogP contribution in [0.1, 0.15) is 19.3 Å². The van der Waals surface area contributed by atoms with Crippen molar-refractivity contribution >= 4 is 11.8 Å². The molecule has 2 atom stereocenters. The van der Waals surface area contributed by atoms with Gasteiger partial charge in [-0.05, 0) is 26.9 Å². The predicted molar refractivity (Wildman–Crippen MR) is 85.8 cm³/mol. The zero-order chi connectivity index (χ0) is 16.1. The maximum Gasteiger partial charge on any atom is 0.322 e. The summed E-state index contributed by atoms with van der Waals surface area (Å²) in [7, 11) is 5.78. The Bertz CT molecular complexity index is 488. The Balaban J connectivity index is 1.80. The van der Waals surface area contributed by atoms with Gasteiger partial charge in [0, 0.05) is 38.3 Å². The lowest BCUT2D eigenvalue weighted by atomic mass is 10.1. The van der Waals surface area contributed by atoms with Crippen LogP contribution in [0.4, 0.5) is 10.6 Å². The molecule has 0 bridgehead atoms. The molecule has 0 radical (unpaired) electrons. The molecular formula is C15H27N5O2. The van der Waals surface area contributed by atoms with E-state index in [0.29, 0.717) is 12.4 Å². The number of hydrogen-bond acceptors (Lipinski definition) is 4. The van der Waals surface area contributed by atoms with E-state index in [4.69, 9.17) is 0 Å². The van der Waals surface area contributed by atoms with Gasteiger partial charge in [0.15, 0.2) is 5.82 Å². The molecule has 2 N–H and O–H groups in total. The first-order valence-electron chi connectivity index (χ1n) is 7.84. The van der Waals surface area contributed by atoms with Crippen molar-refractivity contribution in [1.29, 1.82) is 0 Å². The van der Waals surface area contributed by atoms with E-state index in [2.05, 4.69) is 15.3 Å². The summed E-state index contributed by atoms with van der Waals surface area (Å²) in [6, 6.07) is 1.61. The van der Waals surface area contributed by atoms with Crippen LogP contribution in [0.15, 0.2) is 12.3 Å². The lowest BCUT2D eigenvalue weighted by Crippen LogP contribution is -2.37. The largest absolute Gasteiger partial charge is 0.393 e. The first kappa shape index (κ1) is 16.8. The van der Waals surface area contributed by atoms with E-state index >= 15 is 0 Å². The summed E-state index contributed by atoms with van der Waals surface area (Å²) in [6.45, 7) is 2.26. The summed E-state index contributed by atoms with van der Waals surface area (Å²) in [5.74, 6) is 0.746. The molecule has 0 aromatic carbocycles. The number of aromatic nitrogens is 2. The van der Waals surface area contributed by atoms with Crippen molar-refractivity contribution in [3.63, 3.8) is 0 Å². The molecule has 0 spiro atoms. The number of hydrogen-bond donors (Lipinski definition) is 2. The molecule has 1 fully saturated rings. The van der Waals surface area contributed by atoms with Gasteiger partial charge in [0.05, 0.1) is 12.6 Å². The number of likely N-dealkylation sites (N-methyl/N-ethyl adjacent to an activating group) is 1. The van der Waals surface area contributed by atoms with Gasteiger partial charge in [0.1, 0.15) is 0 Å². The maximum atomic E-state index is 12.2. The molecule has 7 nitrogen and oxygen atoms in total. The monoisotopic (exact) mass is 309 g/mol. The lowest BCUT2D eigenvalue weighted by Gasteiger charge is -2.23. The van der Waals surface area contributed by atoms with Crippen molar-refractivity contribution < 1.29 is 9.90 Å². The van der Waals surface area contributed by atoms with E-state index in [1.165, 1.54) is 0 Å². The summed E-state index contributed by atoms with van der Waals surface area (Å²) in [6.07, 6.45) is 4.45. The molecule has 2 rings (SSSR count). The molecule has 1 saturated carbocycles. The number of urea groups is 1. The minimum atomic E-state index is -0.277. The SMILES string of the molecule is CN(C)CCn1ccc(NC(=O)N(C)CC2CCCC2O)n1. The van der Waals surface area contributed by atoms with Crippen molar-refractivity contribution in [3.05, 3.63) is 12.3 Å². The van der Waals surface area contributed by atoms with Gasteiger partial charge in [0.2, 0.25) is 0 Å². The van der Waals surface area contributed by atoms with Crippen LogP contribution in [-0.4, -0.2) is 71.1 Å². The number of rotatable bonds is 6. The highest BCUT2D eigenvalue weighted by molar-refractivity contribution is 5.88. The summed E-state index contributed by atoms with van der Waals surface area (Å²) in [5.41, 5.74) is 0. The number of amides is 2. The Labute approximate surface area is 131 Å². The van der Waals surface area contributed by atoms with Gasteiger partial charge in [-0.15, -0.1) is 0 Å². The third-order valence-corrected chi connectivity index (χ3v) is 4.13. The normalized spacial score (nSPS) is 21.3. The predicted octanol–water partition coefficient (Wildman–Crippen LogP) is 1.07. The zero-order valence-corrected chi connectivity index (χ0v) is 13.7. The second-order valence-electron chi connectivity index (χ2n) is 6.34. The highest BCUT2D eigenvalue weighted by Gasteiger charge is 2.27. The fraction of sp³-hybridized carbons (Fsp3) is 0.733. The zero-order valence-electron chi connectivity index (χ0n) is 13.7. The summed E-state index contributed by atoms with van der Waals surface area (Å²) < 4.78 is 1.82. The van der Waals surface area contributed by atoms with Gasteiger partial charge in [-0.1, -0.05) is 6.42 Å². The molecular weight excluding hydrogens is 282 g/mol. The van der Waals surface area contributed by atoms with Crippen molar-refractivity contribution in [2.75, 3.05) is 39.5 Å². The van der Waals surface area contributed by atoms with Crippen LogP contribution in [0.5, 0.6) is 0 Å². The third kappa shape index (κ3) is 4.71. The molecule has 1 heterocycles. The van der Waals surface area contributed by atoms with Crippen molar-refractivity contribution in [2.45, 2.75) is 31.9 Å². The van der Waals surface area contributed by atoms with E-state index in [0.717, 1.165) is 32.4 Å². The second kappa shape index (κ2) is 7.60. The van der Waals surface area contributed by atoms with Crippen molar-refractivity contribution in [3.8, 4) is 0 Å². The van der Waals surface area contributed by atoms with Crippen LogP contribution < -0.4 is 5.32 Å². The number of anilines is 1. The van der Waals surface area contributed by atoms with E-state index in [1.807, 2.05) is 25.0 Å². The average molecular weight is 309 g/mol. The van der Waals surface area contributed by atoms with E-state index in [1.54, 1.807) is 18.0 Å². The number of carbonyl (C=O) groups excluding carboxylic acids is 1. The van der Waals surface area contributed by atoms with Crippen LogP contribution in [0.2, 0.25) is 0 Å². The number of nitrogens with zero attached hydrogens (tertiary/aromatic N) is 4. The van der Waals surface area contributed by atoms with Crippen LogP contribution in [0.25, 0.3) is 0 Å². The highest BCUT2D eigenvalue weighted by Crippen LogP contribution is 2.26. The molecule has 124 valence electrons. The smallest absolute Gasteiger partial charge is 0.322 e. The minimum absolute atomic E-state index is 0.183. The summed E-state index contributed by atoms with van der Waals surface area (Å²) in [5, 5.41) is 17.0. The van der Waals surface area contributed by atoms with E-state index < -0.39 is 0 Å². The quantitative estimate of drug-likeness (QED) is 0.824. The van der Waals surface area contributed by atoms with Crippen molar-refractivity contribution in [2.24, 2.45) is 5.92 Å². The number of carbonyl (C=O) groups is 1. The van der Waals surface area contributed by atoms with Crippen LogP contribution in [0, 0.1) is 5.92 Å². The van der Waals surface area contributed by atoms with E-state index in [9.17, 15) is 9.90 Å². The average Bonchev–Trinajstić information content (AvgIpc) is 3.06. The molecule has 0 saturated heterocycles. The molecule has 22 heavy (non-hydrogen) atoms. The first-order chi connectivity index (χ1) is 10.5. The van der Waals surface area contributed by atoms with Gasteiger partial charge in [-0.3, -0.25) is 10.00 Å². The Kier molecular flexibility index (Phi) is 5.79. The third-order valence-electron chi connectivity index (χ3n) is 4.13. The Morgan fingerprint density at radius 1 is 1.45 bits per heavy atom. The Hall–Kier alpha value is -1.60. The number of aliphatic hydroxyl groups is 1. The van der Waals surface area contributed by atoms with Gasteiger partial charge >= 0.3 is 6.03 Å². The van der Waals surface area contributed by atoms with Crippen molar-refractivity contribution in [1.82, 2.24) is 19.6 Å². The second-order valence-corrected chi connectivity index (χ2v) is 6.34. The highest BCUT2D eigenvalue weighted by atomic mass is 16.3. The molecule has 2 amide bonds. The Morgan fingerprint density at radius 2 is 2.23 bits per heavy atom. The summed E-state index contributed by atoms with van der Waals surface area (Å²) in [4.78, 5) is 15.9.